The van der Waals surface area contributed by atoms with Gasteiger partial charge >= 0.3 is 0 Å². The van der Waals surface area contributed by atoms with E-state index in [2.05, 4.69) is 47.6 Å². The molecule has 5 rings (SSSR count). The van der Waals surface area contributed by atoms with Crippen LogP contribution in [0.1, 0.15) is 59.8 Å². The van der Waals surface area contributed by atoms with E-state index in [1.165, 1.54) is 5.56 Å². The smallest absolute Gasteiger partial charge is 0.247 e. The molecule has 1 aliphatic rings. The zero-order chi connectivity index (χ0) is 26.8. The highest BCUT2D eigenvalue weighted by molar-refractivity contribution is 5.85. The first-order valence-corrected chi connectivity index (χ1v) is 13.3. The lowest BCUT2D eigenvalue weighted by Gasteiger charge is -2.32. The standard InChI is InChI=1S/C28H35N7O3.ClH/c1-5-23-22(25-30-17(2)14-18(3)35(25)33-23)15-19-6-8-20(9-7-19)26-31-32-27(38-26)21-10-12-34(13-11-21)28(37)24(16-36)29-4;/h6-9,14,21,24,29,36H,5,10-13,15-16H2,1-4H3;1H/t24-;/m0./s1. The number of rotatable bonds is 8. The van der Waals surface area contributed by atoms with Crippen molar-refractivity contribution in [2.24, 2.45) is 0 Å². The number of carbonyl (C=O) groups is 1. The lowest BCUT2D eigenvalue weighted by Crippen LogP contribution is -2.49. The predicted octanol–water partition coefficient (Wildman–Crippen LogP) is 3.26. The molecule has 1 atom stereocenters. The summed E-state index contributed by atoms with van der Waals surface area (Å²) in [5.41, 5.74) is 7.28. The number of nitrogens with one attached hydrogen (secondary N) is 1. The zero-order valence-corrected chi connectivity index (χ0v) is 23.7. The molecule has 4 heterocycles. The third kappa shape index (κ3) is 5.83. The molecule has 0 unspecified atom stereocenters. The Hall–Kier alpha value is -3.34. The summed E-state index contributed by atoms with van der Waals surface area (Å²) in [5, 5.41) is 25.7. The van der Waals surface area contributed by atoms with Crippen LogP contribution in [0, 0.1) is 13.8 Å². The summed E-state index contributed by atoms with van der Waals surface area (Å²) in [5.74, 6) is 1.15. The van der Waals surface area contributed by atoms with Crippen LogP contribution in [0.2, 0.25) is 0 Å². The molecule has 39 heavy (non-hydrogen) atoms. The highest BCUT2D eigenvalue weighted by Crippen LogP contribution is 2.30. The zero-order valence-electron chi connectivity index (χ0n) is 22.8. The number of hydrogen-bond acceptors (Lipinski definition) is 8. The SMILES string of the molecule is CCc1nn2c(C)cc(C)nc2c1Cc1ccc(-c2nnc(C3CCN(C(=O)[C@H](CO)NC)CC3)o2)cc1.Cl. The van der Waals surface area contributed by atoms with Crippen LogP contribution in [-0.2, 0) is 17.6 Å². The Labute approximate surface area is 234 Å². The maximum atomic E-state index is 12.5. The molecule has 0 spiro atoms. The van der Waals surface area contributed by atoms with Gasteiger partial charge in [0, 0.05) is 47.9 Å². The van der Waals surface area contributed by atoms with Crippen LogP contribution < -0.4 is 5.32 Å². The van der Waals surface area contributed by atoms with Crippen LogP contribution in [0.15, 0.2) is 34.7 Å². The van der Waals surface area contributed by atoms with Crippen LogP contribution in [-0.4, -0.2) is 73.5 Å². The van der Waals surface area contributed by atoms with Gasteiger partial charge in [-0.05, 0) is 63.9 Å². The number of carbonyl (C=O) groups excluding carboxylic acids is 1. The fraction of sp³-hybridized carbons (Fsp3) is 0.464. The lowest BCUT2D eigenvalue weighted by atomic mass is 9.96. The molecule has 0 radical (unpaired) electrons. The molecule has 1 saturated heterocycles. The number of aromatic nitrogens is 5. The van der Waals surface area contributed by atoms with Crippen molar-refractivity contribution in [1.82, 2.24) is 35.0 Å². The van der Waals surface area contributed by atoms with Gasteiger partial charge in [0.05, 0.1) is 12.3 Å². The maximum Gasteiger partial charge on any atom is 0.247 e. The Bertz CT molecular complexity index is 1420. The van der Waals surface area contributed by atoms with Crippen molar-refractivity contribution in [3.63, 3.8) is 0 Å². The molecule has 2 N–H and O–H groups in total. The van der Waals surface area contributed by atoms with Gasteiger partial charge in [-0.3, -0.25) is 4.79 Å². The Morgan fingerprint density at radius 3 is 2.54 bits per heavy atom. The Balaban J connectivity index is 0.00000353. The van der Waals surface area contributed by atoms with E-state index in [0.717, 1.165) is 59.5 Å². The molecule has 0 bridgehead atoms. The molecule has 11 heteroatoms. The summed E-state index contributed by atoms with van der Waals surface area (Å²) in [6, 6.07) is 9.71. The summed E-state index contributed by atoms with van der Waals surface area (Å²) in [6.07, 6.45) is 3.10. The number of amides is 1. The molecule has 0 saturated carbocycles. The first-order valence-electron chi connectivity index (χ1n) is 13.3. The second-order valence-electron chi connectivity index (χ2n) is 10.00. The number of piperidine rings is 1. The van der Waals surface area contributed by atoms with Gasteiger partial charge in [0.2, 0.25) is 17.7 Å². The lowest BCUT2D eigenvalue weighted by molar-refractivity contribution is -0.135. The minimum absolute atomic E-state index is 0. The van der Waals surface area contributed by atoms with Crippen molar-refractivity contribution in [2.45, 2.75) is 58.4 Å². The number of aliphatic hydroxyl groups is 1. The van der Waals surface area contributed by atoms with Crippen molar-refractivity contribution in [2.75, 3.05) is 26.7 Å². The van der Waals surface area contributed by atoms with E-state index in [9.17, 15) is 9.90 Å². The van der Waals surface area contributed by atoms with E-state index in [-0.39, 0.29) is 30.8 Å². The topological polar surface area (TPSA) is 122 Å². The van der Waals surface area contributed by atoms with Crippen molar-refractivity contribution < 1.29 is 14.3 Å². The van der Waals surface area contributed by atoms with E-state index < -0.39 is 6.04 Å². The monoisotopic (exact) mass is 553 g/mol. The van der Waals surface area contributed by atoms with Gasteiger partial charge in [0.15, 0.2) is 5.65 Å². The third-order valence-corrected chi connectivity index (χ3v) is 7.42. The highest BCUT2D eigenvalue weighted by Gasteiger charge is 2.30. The Kier molecular flexibility index (Phi) is 8.99. The number of nitrogens with zero attached hydrogens (tertiary/aromatic N) is 6. The first-order chi connectivity index (χ1) is 18.4. The van der Waals surface area contributed by atoms with Gasteiger partial charge in [0.25, 0.3) is 0 Å². The second-order valence-corrected chi connectivity index (χ2v) is 10.00. The molecule has 10 nitrogen and oxygen atoms in total. The van der Waals surface area contributed by atoms with Gasteiger partial charge in [-0.25, -0.2) is 9.50 Å². The van der Waals surface area contributed by atoms with Crippen molar-refractivity contribution in [3.05, 3.63) is 64.4 Å². The average Bonchev–Trinajstić information content (AvgIpc) is 3.56. The molecule has 1 aliphatic heterocycles. The number of hydrogen-bond donors (Lipinski definition) is 2. The van der Waals surface area contributed by atoms with Crippen molar-refractivity contribution >= 4 is 24.0 Å². The largest absolute Gasteiger partial charge is 0.420 e. The molecular weight excluding hydrogens is 518 g/mol. The number of aryl methyl sites for hydroxylation is 3. The van der Waals surface area contributed by atoms with Gasteiger partial charge in [-0.1, -0.05) is 19.1 Å². The fourth-order valence-corrected chi connectivity index (χ4v) is 5.22. The summed E-state index contributed by atoms with van der Waals surface area (Å²) in [6.45, 7) is 7.19. The number of benzene rings is 1. The van der Waals surface area contributed by atoms with Crippen molar-refractivity contribution in [1.29, 1.82) is 0 Å². The van der Waals surface area contributed by atoms with Gasteiger partial charge < -0.3 is 19.7 Å². The average molecular weight is 554 g/mol. The van der Waals surface area contributed by atoms with E-state index >= 15 is 0 Å². The van der Waals surface area contributed by atoms with Crippen LogP contribution in [0.5, 0.6) is 0 Å². The number of aliphatic hydroxyl groups excluding tert-OH is 1. The minimum Gasteiger partial charge on any atom is -0.420 e. The van der Waals surface area contributed by atoms with E-state index in [4.69, 9.17) is 14.5 Å². The van der Waals surface area contributed by atoms with Gasteiger partial charge in [-0.2, -0.15) is 5.10 Å². The normalized spacial score (nSPS) is 14.9. The number of halogens is 1. The van der Waals surface area contributed by atoms with E-state index in [1.54, 1.807) is 11.9 Å². The molecular formula is C28H36ClN7O3. The fourth-order valence-electron chi connectivity index (χ4n) is 5.22. The molecule has 1 amide bonds. The maximum absolute atomic E-state index is 12.5. The van der Waals surface area contributed by atoms with Crippen molar-refractivity contribution in [3.8, 4) is 11.5 Å². The van der Waals surface area contributed by atoms with Gasteiger partial charge in [0.1, 0.15) is 6.04 Å². The second kappa shape index (κ2) is 12.2. The molecule has 0 aliphatic carbocycles. The van der Waals surface area contributed by atoms with E-state index in [1.807, 2.05) is 23.6 Å². The molecule has 3 aromatic heterocycles. The number of fused-ring (bicyclic) bond motifs is 1. The quantitative estimate of drug-likeness (QED) is 0.341. The summed E-state index contributed by atoms with van der Waals surface area (Å²) in [7, 11) is 1.68. The van der Waals surface area contributed by atoms with Crippen LogP contribution in [0.25, 0.3) is 17.1 Å². The Morgan fingerprint density at radius 1 is 1.18 bits per heavy atom. The predicted molar refractivity (Wildman–Crippen MR) is 150 cm³/mol. The highest BCUT2D eigenvalue weighted by atomic mass is 35.5. The molecule has 1 fully saturated rings. The number of likely N-dealkylation sites (N-methyl/N-ethyl adjacent to an activating group) is 1. The summed E-state index contributed by atoms with van der Waals surface area (Å²) in [4.78, 5) is 19.1. The Morgan fingerprint density at radius 2 is 1.90 bits per heavy atom. The molecule has 208 valence electrons. The number of likely N-dealkylation sites (tertiary alicyclic amines) is 1. The first kappa shape index (κ1) is 28.7. The molecule has 4 aromatic rings. The van der Waals surface area contributed by atoms with Crippen LogP contribution in [0.4, 0.5) is 0 Å². The third-order valence-electron chi connectivity index (χ3n) is 7.42. The minimum atomic E-state index is -0.560. The summed E-state index contributed by atoms with van der Waals surface area (Å²) >= 11 is 0. The molecule has 1 aromatic carbocycles. The summed E-state index contributed by atoms with van der Waals surface area (Å²) < 4.78 is 8.01. The van der Waals surface area contributed by atoms with Gasteiger partial charge in [-0.15, -0.1) is 22.6 Å². The van der Waals surface area contributed by atoms with Crippen LogP contribution in [0.3, 0.4) is 0 Å². The van der Waals surface area contributed by atoms with E-state index in [0.29, 0.717) is 24.9 Å². The van der Waals surface area contributed by atoms with Crippen LogP contribution >= 0.6 is 12.4 Å².